The van der Waals surface area contributed by atoms with Crippen LogP contribution < -0.4 is 0 Å². The van der Waals surface area contributed by atoms with Crippen LogP contribution in [0.1, 0.15) is 19.4 Å². The van der Waals surface area contributed by atoms with E-state index < -0.39 is 11.0 Å². The number of hydrogen-bond acceptors (Lipinski definition) is 5. The van der Waals surface area contributed by atoms with Crippen molar-refractivity contribution < 1.29 is 19.2 Å². The molecular weight excluding hydrogens is 326 g/mol. The molecular formula is C17H17N3O5. The average Bonchev–Trinajstić information content (AvgIpc) is 2.76. The third-order valence-corrected chi connectivity index (χ3v) is 4.25. The average molecular weight is 343 g/mol. The Kier molecular flexibility index (Phi) is 4.26. The summed E-state index contributed by atoms with van der Waals surface area (Å²) in [4.78, 5) is 34.6. The van der Waals surface area contributed by atoms with Gasteiger partial charge in [0, 0.05) is 18.3 Å². The Morgan fingerprint density at radius 1 is 1.32 bits per heavy atom. The van der Waals surface area contributed by atoms with E-state index in [-0.39, 0.29) is 30.2 Å². The number of amides is 2. The molecule has 0 aromatic heterocycles. The van der Waals surface area contributed by atoms with Crippen molar-refractivity contribution in [3.05, 3.63) is 63.9 Å². The molecule has 2 heterocycles. The van der Waals surface area contributed by atoms with Crippen molar-refractivity contribution >= 4 is 17.7 Å². The molecule has 1 aromatic carbocycles. The van der Waals surface area contributed by atoms with E-state index in [0.717, 1.165) is 5.57 Å². The molecule has 2 aliphatic rings. The van der Waals surface area contributed by atoms with Gasteiger partial charge in [-0.2, -0.15) is 5.01 Å². The summed E-state index contributed by atoms with van der Waals surface area (Å²) in [5.74, 6) is -0.326. The molecule has 0 bridgehead atoms. The van der Waals surface area contributed by atoms with Crippen molar-refractivity contribution in [2.45, 2.75) is 26.5 Å². The molecule has 8 heteroatoms. The first-order valence-electron chi connectivity index (χ1n) is 7.77. The Morgan fingerprint density at radius 3 is 2.64 bits per heavy atom. The molecule has 1 saturated heterocycles. The minimum absolute atomic E-state index is 0.0323. The smallest absolute Gasteiger partial charge is 0.433 e. The van der Waals surface area contributed by atoms with Gasteiger partial charge in [0.2, 0.25) is 5.91 Å². The van der Waals surface area contributed by atoms with Gasteiger partial charge >= 0.3 is 6.09 Å². The molecule has 25 heavy (non-hydrogen) atoms. The standard InChI is InChI=1S/C17H17N3O5/c1-11-7-8-18(19-15(9-11)12(2)16(19)21)17(22)25-10-13-3-5-14(6-4-13)20(23)24/h3-9,12,15H,10H2,1-2H3/t12-,15-/m0/s1. The molecule has 2 aliphatic heterocycles. The Morgan fingerprint density at radius 2 is 2.00 bits per heavy atom. The number of hydrogen-bond donors (Lipinski definition) is 0. The van der Waals surface area contributed by atoms with Crippen LogP contribution in [-0.2, 0) is 16.1 Å². The molecule has 0 radical (unpaired) electrons. The van der Waals surface area contributed by atoms with Crippen LogP contribution in [0.4, 0.5) is 10.5 Å². The summed E-state index contributed by atoms with van der Waals surface area (Å²) >= 11 is 0. The summed E-state index contributed by atoms with van der Waals surface area (Å²) in [6.07, 6.45) is 4.51. The quantitative estimate of drug-likeness (QED) is 0.478. The molecule has 130 valence electrons. The lowest BCUT2D eigenvalue weighted by Gasteiger charge is -2.47. The monoisotopic (exact) mass is 343 g/mol. The molecule has 0 spiro atoms. The van der Waals surface area contributed by atoms with Gasteiger partial charge < -0.3 is 4.74 Å². The molecule has 2 atom stereocenters. The lowest BCUT2D eigenvalue weighted by Crippen LogP contribution is -2.65. The van der Waals surface area contributed by atoms with Crippen LogP contribution in [0.2, 0.25) is 0 Å². The summed E-state index contributed by atoms with van der Waals surface area (Å²) in [5.41, 5.74) is 1.54. The number of fused-ring (bicyclic) bond motifs is 1. The second-order valence-electron chi connectivity index (χ2n) is 6.01. The first kappa shape index (κ1) is 16.7. The molecule has 2 amide bonds. The van der Waals surface area contributed by atoms with Crippen LogP contribution in [-0.4, -0.2) is 33.0 Å². The van der Waals surface area contributed by atoms with E-state index in [2.05, 4.69) is 0 Å². The Hall–Kier alpha value is -3.16. The van der Waals surface area contributed by atoms with Crippen LogP contribution in [0.15, 0.2) is 48.2 Å². The number of allylic oxidation sites excluding steroid dienone is 2. The zero-order valence-corrected chi connectivity index (χ0v) is 13.8. The lowest BCUT2D eigenvalue weighted by atomic mass is 9.90. The van der Waals surface area contributed by atoms with Gasteiger partial charge in [0.15, 0.2) is 0 Å². The van der Waals surface area contributed by atoms with Crippen LogP contribution in [0.25, 0.3) is 0 Å². The van der Waals surface area contributed by atoms with Crippen LogP contribution in [0.5, 0.6) is 0 Å². The van der Waals surface area contributed by atoms with Gasteiger partial charge in [-0.25, -0.2) is 9.80 Å². The van der Waals surface area contributed by atoms with Gasteiger partial charge in [0.05, 0.1) is 16.9 Å². The van der Waals surface area contributed by atoms with Crippen molar-refractivity contribution in [1.29, 1.82) is 0 Å². The summed E-state index contributed by atoms with van der Waals surface area (Å²) < 4.78 is 5.24. The van der Waals surface area contributed by atoms with Crippen LogP contribution in [0, 0.1) is 16.0 Å². The summed E-state index contributed by atoms with van der Waals surface area (Å²) in [7, 11) is 0. The number of rotatable bonds is 3. The summed E-state index contributed by atoms with van der Waals surface area (Å²) in [6, 6.07) is 5.57. The number of β-lactam (4-membered cyclic amide) rings is 1. The van der Waals surface area contributed by atoms with E-state index in [1.165, 1.54) is 40.5 Å². The van der Waals surface area contributed by atoms with Crippen molar-refractivity contribution in [2.75, 3.05) is 0 Å². The van der Waals surface area contributed by atoms with Crippen LogP contribution in [0.3, 0.4) is 0 Å². The fraction of sp³-hybridized carbons (Fsp3) is 0.294. The molecule has 0 aliphatic carbocycles. The SMILES string of the molecule is CC1=C[C@H]2[C@H](C)C(=O)N2N(C(=O)OCc2ccc([N+](=O)[O-])cc2)C=C1. The van der Waals surface area contributed by atoms with Crippen molar-refractivity contribution in [3.8, 4) is 0 Å². The maximum atomic E-state index is 12.4. The number of carbonyl (C=O) groups is 2. The Balaban J connectivity index is 1.67. The number of ether oxygens (including phenoxy) is 1. The largest absolute Gasteiger partial charge is 0.443 e. The molecule has 1 fully saturated rings. The number of non-ortho nitro benzene ring substituents is 1. The predicted molar refractivity (Wildman–Crippen MR) is 87.8 cm³/mol. The van der Waals surface area contributed by atoms with Gasteiger partial charge in [-0.05, 0) is 30.7 Å². The highest BCUT2D eigenvalue weighted by molar-refractivity contribution is 5.88. The first-order chi connectivity index (χ1) is 11.9. The van der Waals surface area contributed by atoms with Crippen LogP contribution >= 0.6 is 0 Å². The predicted octanol–water partition coefficient (Wildman–Crippen LogP) is 2.77. The zero-order valence-electron chi connectivity index (χ0n) is 13.8. The third-order valence-electron chi connectivity index (χ3n) is 4.25. The molecule has 0 unspecified atom stereocenters. The fourth-order valence-corrected chi connectivity index (χ4v) is 2.75. The highest BCUT2D eigenvalue weighted by atomic mass is 16.6. The Bertz CT molecular complexity index is 784. The molecule has 3 rings (SSSR count). The number of nitro benzene ring substituents is 1. The van der Waals surface area contributed by atoms with Gasteiger partial charge in [-0.1, -0.05) is 18.6 Å². The number of nitrogens with zero attached hydrogens (tertiary/aromatic N) is 3. The minimum atomic E-state index is -0.678. The van der Waals surface area contributed by atoms with Crippen molar-refractivity contribution in [2.24, 2.45) is 5.92 Å². The molecule has 0 N–H and O–H groups in total. The first-order valence-corrected chi connectivity index (χ1v) is 7.77. The molecule has 8 nitrogen and oxygen atoms in total. The third kappa shape index (κ3) is 3.10. The number of nitro groups is 1. The summed E-state index contributed by atoms with van der Waals surface area (Å²) in [5, 5.41) is 13.2. The minimum Gasteiger partial charge on any atom is -0.443 e. The highest BCUT2D eigenvalue weighted by Crippen LogP contribution is 2.32. The van der Waals surface area contributed by atoms with Gasteiger partial charge in [-0.15, -0.1) is 0 Å². The maximum Gasteiger partial charge on any atom is 0.433 e. The van der Waals surface area contributed by atoms with E-state index in [4.69, 9.17) is 4.74 Å². The fourth-order valence-electron chi connectivity index (χ4n) is 2.75. The van der Waals surface area contributed by atoms with Crippen molar-refractivity contribution in [3.63, 3.8) is 0 Å². The second kappa shape index (κ2) is 6.39. The lowest BCUT2D eigenvalue weighted by molar-refractivity contribution is -0.384. The van der Waals surface area contributed by atoms with E-state index in [1.807, 2.05) is 19.9 Å². The summed E-state index contributed by atoms with van der Waals surface area (Å²) in [6.45, 7) is 3.67. The van der Waals surface area contributed by atoms with Crippen molar-refractivity contribution in [1.82, 2.24) is 10.0 Å². The zero-order chi connectivity index (χ0) is 18.1. The van der Waals surface area contributed by atoms with Gasteiger partial charge in [-0.3, -0.25) is 14.9 Å². The van der Waals surface area contributed by atoms with E-state index in [1.54, 1.807) is 6.08 Å². The number of carbonyl (C=O) groups excluding carboxylic acids is 2. The number of hydrazine groups is 1. The molecule has 1 aromatic rings. The molecule has 0 saturated carbocycles. The van der Waals surface area contributed by atoms with E-state index in [9.17, 15) is 19.7 Å². The normalized spacial score (nSPS) is 21.8. The maximum absolute atomic E-state index is 12.4. The van der Waals surface area contributed by atoms with E-state index >= 15 is 0 Å². The Labute approximate surface area is 144 Å². The van der Waals surface area contributed by atoms with Gasteiger partial charge in [0.1, 0.15) is 6.61 Å². The topological polar surface area (TPSA) is 93.0 Å². The second-order valence-corrected chi connectivity index (χ2v) is 6.01. The van der Waals surface area contributed by atoms with E-state index in [0.29, 0.717) is 5.56 Å². The highest BCUT2D eigenvalue weighted by Gasteiger charge is 2.48. The van der Waals surface area contributed by atoms with Gasteiger partial charge in [0.25, 0.3) is 5.69 Å². The number of benzene rings is 1.